The maximum absolute atomic E-state index is 12.9. The van der Waals surface area contributed by atoms with Gasteiger partial charge in [0.05, 0.1) is 0 Å². The summed E-state index contributed by atoms with van der Waals surface area (Å²) in [7, 11) is 0. The number of alkyl halides is 3. The molecule has 1 saturated heterocycles. The van der Waals surface area contributed by atoms with Crippen molar-refractivity contribution in [3.63, 3.8) is 0 Å². The monoisotopic (exact) mass is 457 g/mol. The summed E-state index contributed by atoms with van der Waals surface area (Å²) in [6, 6.07) is -0.451. The van der Waals surface area contributed by atoms with E-state index in [0.29, 0.717) is 13.0 Å². The zero-order valence-corrected chi connectivity index (χ0v) is 17.3. The zero-order chi connectivity index (χ0) is 23.5. The molecule has 1 aliphatic heterocycles. The van der Waals surface area contributed by atoms with Gasteiger partial charge in [0.15, 0.2) is 0 Å². The van der Waals surface area contributed by atoms with Gasteiger partial charge >= 0.3 is 6.18 Å². The quantitative estimate of drug-likeness (QED) is 0.374. The van der Waals surface area contributed by atoms with Crippen molar-refractivity contribution in [2.75, 3.05) is 6.54 Å². The number of primary amides is 1. The highest BCUT2D eigenvalue weighted by molar-refractivity contribution is 5.97. The van der Waals surface area contributed by atoms with Crippen molar-refractivity contribution < 1.29 is 32.3 Å². The number of carbonyl (C=O) groups excluding carboxylic acids is 4. The zero-order valence-electron chi connectivity index (χ0n) is 17.3. The summed E-state index contributed by atoms with van der Waals surface area (Å²) in [5.74, 6) is -2.86. The first kappa shape index (κ1) is 23.6. The molecule has 2 aliphatic rings. The summed E-state index contributed by atoms with van der Waals surface area (Å²) in [4.78, 5) is 51.2. The number of amides is 4. The van der Waals surface area contributed by atoms with Crippen LogP contribution in [0.1, 0.15) is 54.7 Å². The second-order valence-electron chi connectivity index (χ2n) is 8.32. The Morgan fingerprint density at radius 1 is 1.09 bits per heavy atom. The van der Waals surface area contributed by atoms with Gasteiger partial charge in [-0.2, -0.15) is 13.2 Å². The van der Waals surface area contributed by atoms with Crippen molar-refractivity contribution in [2.24, 2.45) is 17.6 Å². The van der Waals surface area contributed by atoms with E-state index in [1.807, 2.05) is 4.98 Å². The summed E-state index contributed by atoms with van der Waals surface area (Å²) >= 11 is 0. The van der Waals surface area contributed by atoms with Crippen molar-refractivity contribution in [1.29, 1.82) is 0 Å². The Labute approximate surface area is 182 Å². The average Bonchev–Trinajstić information content (AvgIpc) is 3.37. The number of hydrogen-bond acceptors (Lipinski definition) is 4. The Morgan fingerprint density at radius 3 is 2.38 bits per heavy atom. The minimum Gasteiger partial charge on any atom is -0.368 e. The van der Waals surface area contributed by atoms with Crippen molar-refractivity contribution in [1.82, 2.24) is 20.9 Å². The van der Waals surface area contributed by atoms with Crippen LogP contribution in [0, 0.1) is 11.8 Å². The van der Waals surface area contributed by atoms with Crippen molar-refractivity contribution >= 4 is 23.6 Å². The SMILES string of the molecule is NC(=O)[C@H](C[C@@H]1CCCNC1=O)NC(=O)[C@H](CC1CC1)NC(=O)c1ccc(C(F)(F)F)[nH]1. The van der Waals surface area contributed by atoms with Crippen LogP contribution in [0.4, 0.5) is 13.2 Å². The van der Waals surface area contributed by atoms with Crippen LogP contribution in [0.2, 0.25) is 0 Å². The number of nitrogens with one attached hydrogen (secondary N) is 4. The number of halogens is 3. The molecule has 3 atom stereocenters. The number of aromatic amines is 1. The normalized spacial score (nSPS) is 20.7. The second kappa shape index (κ2) is 9.61. The van der Waals surface area contributed by atoms with Crippen LogP contribution in [0.5, 0.6) is 0 Å². The minimum atomic E-state index is -4.64. The molecule has 1 aliphatic carbocycles. The number of hydrogen-bond donors (Lipinski definition) is 5. The molecule has 1 saturated carbocycles. The molecule has 9 nitrogen and oxygen atoms in total. The molecule has 32 heavy (non-hydrogen) atoms. The molecular formula is C20H26F3N5O4. The van der Waals surface area contributed by atoms with E-state index in [0.717, 1.165) is 31.4 Å². The highest BCUT2D eigenvalue weighted by atomic mass is 19.4. The smallest absolute Gasteiger partial charge is 0.368 e. The van der Waals surface area contributed by atoms with Gasteiger partial charge in [-0.05, 0) is 43.7 Å². The maximum atomic E-state index is 12.9. The third-order valence-electron chi connectivity index (χ3n) is 5.70. The number of aromatic nitrogens is 1. The van der Waals surface area contributed by atoms with E-state index in [1.54, 1.807) is 0 Å². The van der Waals surface area contributed by atoms with Crippen LogP contribution >= 0.6 is 0 Å². The highest BCUT2D eigenvalue weighted by Crippen LogP contribution is 2.34. The Hall–Kier alpha value is -3.05. The Morgan fingerprint density at radius 2 is 1.81 bits per heavy atom. The topological polar surface area (TPSA) is 146 Å². The van der Waals surface area contributed by atoms with Crippen LogP contribution in [-0.2, 0) is 20.6 Å². The summed E-state index contributed by atoms with van der Waals surface area (Å²) in [5.41, 5.74) is 4.00. The third kappa shape index (κ3) is 6.24. The lowest BCUT2D eigenvalue weighted by Gasteiger charge is -2.27. The van der Waals surface area contributed by atoms with Gasteiger partial charge in [0.2, 0.25) is 17.7 Å². The summed E-state index contributed by atoms with van der Waals surface area (Å²) < 4.78 is 38.3. The molecule has 3 rings (SSSR count). The van der Waals surface area contributed by atoms with Crippen LogP contribution < -0.4 is 21.7 Å². The van der Waals surface area contributed by atoms with Crippen molar-refractivity contribution in [2.45, 2.75) is 56.8 Å². The molecule has 2 fully saturated rings. The van der Waals surface area contributed by atoms with Gasteiger partial charge in [0.1, 0.15) is 23.5 Å². The van der Waals surface area contributed by atoms with Gasteiger partial charge in [0, 0.05) is 12.5 Å². The van der Waals surface area contributed by atoms with E-state index in [9.17, 15) is 32.3 Å². The molecule has 0 unspecified atom stereocenters. The molecule has 1 aromatic heterocycles. The molecule has 1 aromatic rings. The van der Waals surface area contributed by atoms with E-state index < -0.39 is 47.6 Å². The second-order valence-corrected chi connectivity index (χ2v) is 8.32. The molecule has 0 aromatic carbocycles. The van der Waals surface area contributed by atoms with Crippen molar-refractivity contribution in [3.8, 4) is 0 Å². The maximum Gasteiger partial charge on any atom is 0.431 e. The molecule has 0 spiro atoms. The number of carbonyl (C=O) groups is 4. The third-order valence-corrected chi connectivity index (χ3v) is 5.70. The lowest BCUT2D eigenvalue weighted by molar-refractivity contribution is -0.140. The number of rotatable bonds is 9. The highest BCUT2D eigenvalue weighted by Gasteiger charge is 2.36. The first-order valence-corrected chi connectivity index (χ1v) is 10.5. The van der Waals surface area contributed by atoms with Gasteiger partial charge in [0.25, 0.3) is 5.91 Å². The Balaban J connectivity index is 1.66. The minimum absolute atomic E-state index is 0.0303. The fraction of sp³-hybridized carbons (Fsp3) is 0.600. The molecule has 176 valence electrons. The van der Waals surface area contributed by atoms with E-state index in [4.69, 9.17) is 5.73 Å². The molecule has 0 radical (unpaired) electrons. The number of piperidine rings is 1. The number of H-pyrrole nitrogens is 1. The summed E-state index contributed by atoms with van der Waals surface area (Å²) in [6.45, 7) is 0.549. The van der Waals surface area contributed by atoms with E-state index in [1.165, 1.54) is 0 Å². The fourth-order valence-electron chi connectivity index (χ4n) is 3.71. The molecule has 0 bridgehead atoms. The molecular weight excluding hydrogens is 431 g/mol. The van der Waals surface area contributed by atoms with Crippen LogP contribution in [-0.4, -0.2) is 47.2 Å². The van der Waals surface area contributed by atoms with E-state index in [2.05, 4.69) is 16.0 Å². The van der Waals surface area contributed by atoms with Gasteiger partial charge < -0.3 is 26.7 Å². The molecule has 4 amide bonds. The molecule has 6 N–H and O–H groups in total. The lowest BCUT2D eigenvalue weighted by Crippen LogP contribution is -2.54. The van der Waals surface area contributed by atoms with Gasteiger partial charge in [-0.1, -0.05) is 12.8 Å². The van der Waals surface area contributed by atoms with Crippen molar-refractivity contribution in [3.05, 3.63) is 23.5 Å². The van der Waals surface area contributed by atoms with Crippen LogP contribution in [0.25, 0.3) is 0 Å². The predicted molar refractivity (Wildman–Crippen MR) is 106 cm³/mol. The van der Waals surface area contributed by atoms with Gasteiger partial charge in [-0.25, -0.2) is 0 Å². The standard InChI is InChI=1S/C20H26F3N5O4/c21-20(22,23)15-6-5-12(26-15)18(31)28-14(8-10-3-4-10)19(32)27-13(16(24)29)9-11-2-1-7-25-17(11)30/h5-6,10-11,13-14,26H,1-4,7-9H2,(H2,24,29)(H,25,30)(H,27,32)(H,28,31)/t11-,13-,14-/m0/s1. The first-order chi connectivity index (χ1) is 15.0. The van der Waals surface area contributed by atoms with Gasteiger partial charge in [-0.3, -0.25) is 19.2 Å². The van der Waals surface area contributed by atoms with Gasteiger partial charge in [-0.15, -0.1) is 0 Å². The lowest BCUT2D eigenvalue weighted by atomic mass is 9.91. The molecule has 12 heteroatoms. The summed E-state index contributed by atoms with van der Waals surface area (Å²) in [6.07, 6.45) is -1.30. The molecule has 2 heterocycles. The summed E-state index contributed by atoms with van der Waals surface area (Å²) in [5, 5.41) is 7.65. The first-order valence-electron chi connectivity index (χ1n) is 10.5. The van der Waals surface area contributed by atoms with Crippen LogP contribution in [0.15, 0.2) is 12.1 Å². The van der Waals surface area contributed by atoms with E-state index >= 15 is 0 Å². The van der Waals surface area contributed by atoms with E-state index in [-0.39, 0.29) is 30.4 Å². The average molecular weight is 457 g/mol. The number of nitrogens with two attached hydrogens (primary N) is 1. The fourth-order valence-corrected chi connectivity index (χ4v) is 3.71. The van der Waals surface area contributed by atoms with Crippen LogP contribution in [0.3, 0.4) is 0 Å². The Kier molecular flexibility index (Phi) is 7.09. The predicted octanol–water partition coefficient (Wildman–Crippen LogP) is 0.818. The Bertz CT molecular complexity index is 881. The largest absolute Gasteiger partial charge is 0.431 e.